The van der Waals surface area contributed by atoms with E-state index >= 15 is 0 Å². The van der Waals surface area contributed by atoms with Crippen molar-refractivity contribution in [2.45, 2.75) is 13.0 Å². The van der Waals surface area contributed by atoms with Crippen molar-refractivity contribution in [2.75, 3.05) is 31.1 Å². The number of anilines is 1. The topological polar surface area (TPSA) is 61.4 Å². The van der Waals surface area contributed by atoms with Gasteiger partial charge in [-0.2, -0.15) is 4.37 Å². The van der Waals surface area contributed by atoms with Gasteiger partial charge in [0.2, 0.25) is 5.13 Å². The van der Waals surface area contributed by atoms with E-state index in [0.717, 1.165) is 35.2 Å². The first kappa shape index (κ1) is 19.3. The van der Waals surface area contributed by atoms with Crippen LogP contribution in [0.4, 0.5) is 14.3 Å². The summed E-state index contributed by atoms with van der Waals surface area (Å²) in [6, 6.07) is 16.3. The molecule has 0 saturated carbocycles. The van der Waals surface area contributed by atoms with Crippen molar-refractivity contribution in [3.63, 3.8) is 0 Å². The zero-order valence-electron chi connectivity index (χ0n) is 15.9. The monoisotopic (exact) mass is 411 g/mol. The smallest absolute Gasteiger partial charge is 0.317 e. The highest BCUT2D eigenvalue weighted by Gasteiger charge is 2.23. The highest BCUT2D eigenvalue weighted by atomic mass is 32.1. The number of nitrogens with zero attached hydrogens (tertiary/aromatic N) is 4. The molecule has 1 aliphatic heterocycles. The molecule has 8 heteroatoms. The van der Waals surface area contributed by atoms with Crippen LogP contribution in [-0.2, 0) is 13.0 Å². The largest absolute Gasteiger partial charge is 0.343 e. The van der Waals surface area contributed by atoms with Crippen molar-refractivity contribution in [2.24, 2.45) is 0 Å². The van der Waals surface area contributed by atoms with E-state index < -0.39 is 0 Å². The van der Waals surface area contributed by atoms with Crippen LogP contribution in [0.5, 0.6) is 0 Å². The Morgan fingerprint density at radius 3 is 2.45 bits per heavy atom. The van der Waals surface area contributed by atoms with Crippen molar-refractivity contribution in [3.8, 4) is 0 Å². The Morgan fingerprint density at radius 1 is 1.00 bits per heavy atom. The van der Waals surface area contributed by atoms with Crippen molar-refractivity contribution >= 4 is 22.7 Å². The number of carbonyl (C=O) groups excluding carboxylic acids is 1. The maximum Gasteiger partial charge on any atom is 0.317 e. The SMILES string of the molecule is O=C(NCc1ccccc1)N1CCN(c2nc(Cc3ccc(F)cc3)ns2)CC1. The minimum Gasteiger partial charge on any atom is -0.343 e. The molecule has 1 aromatic heterocycles. The fourth-order valence-electron chi connectivity index (χ4n) is 3.22. The van der Waals surface area contributed by atoms with E-state index in [2.05, 4.69) is 19.6 Å². The van der Waals surface area contributed by atoms with E-state index in [1.54, 1.807) is 12.1 Å². The van der Waals surface area contributed by atoms with Crippen molar-refractivity contribution in [1.82, 2.24) is 19.6 Å². The van der Waals surface area contributed by atoms with Crippen LogP contribution >= 0.6 is 11.5 Å². The second-order valence-electron chi connectivity index (χ2n) is 6.91. The average molecular weight is 412 g/mol. The highest BCUT2D eigenvalue weighted by molar-refractivity contribution is 7.09. The molecule has 2 heterocycles. The van der Waals surface area contributed by atoms with E-state index in [0.29, 0.717) is 26.1 Å². The first-order chi connectivity index (χ1) is 14.2. The molecule has 3 aromatic rings. The number of rotatable bonds is 5. The Labute approximate surface area is 173 Å². The molecule has 0 radical (unpaired) electrons. The number of nitrogens with one attached hydrogen (secondary N) is 1. The van der Waals surface area contributed by atoms with E-state index in [4.69, 9.17) is 0 Å². The highest BCUT2D eigenvalue weighted by Crippen LogP contribution is 2.20. The molecule has 6 nitrogen and oxygen atoms in total. The number of piperazine rings is 1. The summed E-state index contributed by atoms with van der Waals surface area (Å²) < 4.78 is 17.5. The molecule has 1 fully saturated rings. The van der Waals surface area contributed by atoms with Gasteiger partial charge in [-0.25, -0.2) is 14.2 Å². The summed E-state index contributed by atoms with van der Waals surface area (Å²) in [5, 5.41) is 3.84. The first-order valence-electron chi connectivity index (χ1n) is 9.56. The first-order valence-corrected chi connectivity index (χ1v) is 10.3. The Morgan fingerprint density at radius 2 is 1.72 bits per heavy atom. The molecule has 2 aromatic carbocycles. The maximum atomic E-state index is 13.0. The summed E-state index contributed by atoms with van der Waals surface area (Å²) in [5.74, 6) is 0.492. The van der Waals surface area contributed by atoms with Gasteiger partial charge in [-0.3, -0.25) is 0 Å². The quantitative estimate of drug-likeness (QED) is 0.700. The van der Waals surface area contributed by atoms with Gasteiger partial charge in [0.15, 0.2) is 0 Å². The van der Waals surface area contributed by atoms with Gasteiger partial charge >= 0.3 is 6.03 Å². The third-order valence-electron chi connectivity index (χ3n) is 4.86. The van der Waals surface area contributed by atoms with Crippen LogP contribution in [-0.4, -0.2) is 46.5 Å². The number of hydrogen-bond donors (Lipinski definition) is 1. The van der Waals surface area contributed by atoms with Gasteiger partial charge in [0, 0.05) is 50.7 Å². The van der Waals surface area contributed by atoms with Gasteiger partial charge in [-0.15, -0.1) is 0 Å². The average Bonchev–Trinajstić information content (AvgIpc) is 3.23. The van der Waals surface area contributed by atoms with E-state index in [1.807, 2.05) is 35.2 Å². The summed E-state index contributed by atoms with van der Waals surface area (Å²) in [4.78, 5) is 21.0. The van der Waals surface area contributed by atoms with Crippen LogP contribution in [0.15, 0.2) is 54.6 Å². The Kier molecular flexibility index (Phi) is 6.00. The molecule has 150 valence electrons. The summed E-state index contributed by atoms with van der Waals surface area (Å²) >= 11 is 1.37. The lowest BCUT2D eigenvalue weighted by Crippen LogP contribution is -2.51. The number of urea groups is 1. The molecule has 0 aliphatic carbocycles. The van der Waals surface area contributed by atoms with Gasteiger partial charge in [-0.1, -0.05) is 42.5 Å². The zero-order chi connectivity index (χ0) is 20.1. The molecule has 1 aliphatic rings. The summed E-state index contributed by atoms with van der Waals surface area (Å²) in [5.41, 5.74) is 2.07. The third-order valence-corrected chi connectivity index (χ3v) is 5.67. The molecule has 1 saturated heterocycles. The predicted molar refractivity (Wildman–Crippen MR) is 112 cm³/mol. The fraction of sp³-hybridized carbons (Fsp3) is 0.286. The molecule has 1 N–H and O–H groups in total. The number of hydrogen-bond acceptors (Lipinski definition) is 5. The number of amides is 2. The number of halogens is 1. The molecule has 29 heavy (non-hydrogen) atoms. The van der Waals surface area contributed by atoms with Crippen LogP contribution in [0, 0.1) is 5.82 Å². The van der Waals surface area contributed by atoms with Crippen LogP contribution in [0.1, 0.15) is 17.0 Å². The molecule has 2 amide bonds. The normalized spacial score (nSPS) is 14.1. The number of benzene rings is 2. The lowest BCUT2D eigenvalue weighted by Gasteiger charge is -2.34. The number of carbonyl (C=O) groups is 1. The molecule has 0 unspecified atom stereocenters. The fourth-order valence-corrected chi connectivity index (χ4v) is 3.95. The van der Waals surface area contributed by atoms with Crippen LogP contribution in [0.25, 0.3) is 0 Å². The minimum atomic E-state index is -0.244. The second kappa shape index (κ2) is 9.00. The van der Waals surface area contributed by atoms with Crippen LogP contribution < -0.4 is 10.2 Å². The molecule has 4 rings (SSSR count). The van der Waals surface area contributed by atoms with E-state index in [9.17, 15) is 9.18 Å². The lowest BCUT2D eigenvalue weighted by molar-refractivity contribution is 0.194. The minimum absolute atomic E-state index is 0.0391. The van der Waals surface area contributed by atoms with Gasteiger partial charge < -0.3 is 15.1 Å². The lowest BCUT2D eigenvalue weighted by atomic mass is 10.1. The molecular formula is C21H22FN5OS. The van der Waals surface area contributed by atoms with Crippen molar-refractivity contribution in [1.29, 1.82) is 0 Å². The van der Waals surface area contributed by atoms with Gasteiger partial charge in [-0.05, 0) is 23.3 Å². The van der Waals surface area contributed by atoms with E-state index in [-0.39, 0.29) is 11.8 Å². The van der Waals surface area contributed by atoms with Crippen molar-refractivity contribution < 1.29 is 9.18 Å². The predicted octanol–water partition coefficient (Wildman–Crippen LogP) is 3.30. The second-order valence-corrected chi connectivity index (χ2v) is 7.65. The van der Waals surface area contributed by atoms with Gasteiger partial charge in [0.25, 0.3) is 0 Å². The third kappa shape index (κ3) is 5.08. The summed E-state index contributed by atoms with van der Waals surface area (Å²) in [6.45, 7) is 3.28. The Hall–Kier alpha value is -3.00. The Bertz CT molecular complexity index is 939. The van der Waals surface area contributed by atoms with Crippen LogP contribution in [0.3, 0.4) is 0 Å². The van der Waals surface area contributed by atoms with Crippen molar-refractivity contribution in [3.05, 3.63) is 77.4 Å². The molecular weight excluding hydrogens is 389 g/mol. The molecule has 0 atom stereocenters. The molecule has 0 spiro atoms. The summed E-state index contributed by atoms with van der Waals surface area (Å²) in [6.07, 6.45) is 0.582. The molecule has 0 bridgehead atoms. The maximum absolute atomic E-state index is 13.0. The number of aromatic nitrogens is 2. The van der Waals surface area contributed by atoms with E-state index in [1.165, 1.54) is 23.7 Å². The summed E-state index contributed by atoms with van der Waals surface area (Å²) in [7, 11) is 0. The zero-order valence-corrected chi connectivity index (χ0v) is 16.7. The van der Waals surface area contributed by atoms with Gasteiger partial charge in [0.05, 0.1) is 0 Å². The van der Waals surface area contributed by atoms with Crippen LogP contribution in [0.2, 0.25) is 0 Å². The van der Waals surface area contributed by atoms with Gasteiger partial charge in [0.1, 0.15) is 11.6 Å². The standard InChI is InChI=1S/C21H22FN5OS/c22-18-8-6-16(7-9-18)14-19-24-21(29-25-19)27-12-10-26(11-13-27)20(28)23-15-17-4-2-1-3-5-17/h1-9H,10-15H2,(H,23,28). The Balaban J connectivity index is 1.26.